The molecule has 1 amide bonds. The zero-order valence-electron chi connectivity index (χ0n) is 13.8. The normalized spacial score (nSPS) is 24.5. The van der Waals surface area contributed by atoms with Crippen LogP contribution in [0.4, 0.5) is 5.69 Å². The van der Waals surface area contributed by atoms with E-state index in [9.17, 15) is 4.79 Å². The number of likely N-dealkylation sites (N-methyl/N-ethyl adjacent to an activating group) is 1. The van der Waals surface area contributed by atoms with Crippen LogP contribution in [-0.2, 0) is 16.0 Å². The number of ether oxygens (including phenoxy) is 1. The summed E-state index contributed by atoms with van der Waals surface area (Å²) in [7, 11) is 2.06. The molecule has 2 aromatic rings. The fourth-order valence-corrected chi connectivity index (χ4v) is 3.31. The van der Waals surface area contributed by atoms with Crippen molar-refractivity contribution in [1.29, 1.82) is 0 Å². The molecule has 0 saturated carbocycles. The number of carbonyl (C=O) groups is 1. The molecule has 1 aromatic heterocycles. The van der Waals surface area contributed by atoms with Crippen LogP contribution in [0.3, 0.4) is 0 Å². The molecule has 2 aliphatic rings. The Kier molecular flexibility index (Phi) is 3.82. The quantitative estimate of drug-likeness (QED) is 0.908. The molecule has 1 fully saturated rings. The SMILES string of the molecule is C[C@@H]1CN(C)C[C@H](c2nc(-c3ccc4c(c3)CCC(=O)N4)no2)O1. The third-order valence-corrected chi connectivity index (χ3v) is 4.42. The summed E-state index contributed by atoms with van der Waals surface area (Å²) in [4.78, 5) is 18.2. The van der Waals surface area contributed by atoms with Crippen molar-refractivity contribution in [2.75, 3.05) is 25.5 Å². The summed E-state index contributed by atoms with van der Waals surface area (Å²) >= 11 is 0. The summed E-state index contributed by atoms with van der Waals surface area (Å²) in [5.74, 6) is 1.12. The van der Waals surface area contributed by atoms with E-state index in [0.29, 0.717) is 18.1 Å². The number of morpholine rings is 1. The Labute approximate surface area is 140 Å². The first-order valence-corrected chi connectivity index (χ1v) is 8.19. The zero-order chi connectivity index (χ0) is 16.7. The summed E-state index contributed by atoms with van der Waals surface area (Å²) in [6.07, 6.45) is 1.18. The number of carbonyl (C=O) groups excluding carboxylic acids is 1. The van der Waals surface area contributed by atoms with Crippen LogP contribution in [0.25, 0.3) is 11.4 Å². The van der Waals surface area contributed by atoms with E-state index in [1.165, 1.54) is 0 Å². The van der Waals surface area contributed by atoms with E-state index in [0.717, 1.165) is 36.3 Å². The molecule has 1 saturated heterocycles. The van der Waals surface area contributed by atoms with Crippen molar-refractivity contribution in [1.82, 2.24) is 15.0 Å². The van der Waals surface area contributed by atoms with Crippen LogP contribution in [0, 0.1) is 0 Å². The second-order valence-electron chi connectivity index (χ2n) is 6.53. The third-order valence-electron chi connectivity index (χ3n) is 4.42. The van der Waals surface area contributed by atoms with Gasteiger partial charge in [0.25, 0.3) is 5.89 Å². The first kappa shape index (κ1) is 15.3. The fourth-order valence-electron chi connectivity index (χ4n) is 3.31. The average Bonchev–Trinajstić information content (AvgIpc) is 3.03. The molecule has 24 heavy (non-hydrogen) atoms. The monoisotopic (exact) mass is 328 g/mol. The number of hydrogen-bond acceptors (Lipinski definition) is 6. The molecule has 4 rings (SSSR count). The second kappa shape index (κ2) is 5.99. The van der Waals surface area contributed by atoms with Gasteiger partial charge in [-0.2, -0.15) is 4.98 Å². The van der Waals surface area contributed by atoms with E-state index in [-0.39, 0.29) is 18.1 Å². The fraction of sp³-hybridized carbons (Fsp3) is 0.471. The highest BCUT2D eigenvalue weighted by Gasteiger charge is 2.29. The van der Waals surface area contributed by atoms with Gasteiger partial charge in [0, 0.05) is 30.8 Å². The predicted molar refractivity (Wildman–Crippen MR) is 87.5 cm³/mol. The van der Waals surface area contributed by atoms with Gasteiger partial charge in [0.15, 0.2) is 0 Å². The van der Waals surface area contributed by atoms with Crippen molar-refractivity contribution in [3.05, 3.63) is 29.7 Å². The standard InChI is InChI=1S/C17H20N4O3/c1-10-8-21(2)9-14(23-10)17-19-16(20-24-17)12-3-5-13-11(7-12)4-6-15(22)18-13/h3,5,7,10,14H,4,6,8-9H2,1-2H3,(H,18,22)/t10-,14-/m1/s1. The second-order valence-corrected chi connectivity index (χ2v) is 6.53. The number of hydrogen-bond donors (Lipinski definition) is 1. The van der Waals surface area contributed by atoms with E-state index < -0.39 is 0 Å². The Hall–Kier alpha value is -2.25. The van der Waals surface area contributed by atoms with E-state index in [1.807, 2.05) is 25.1 Å². The summed E-state index contributed by atoms with van der Waals surface area (Å²) in [5, 5.41) is 6.98. The smallest absolute Gasteiger partial charge is 0.257 e. The number of nitrogens with zero attached hydrogens (tertiary/aromatic N) is 3. The van der Waals surface area contributed by atoms with Gasteiger partial charge in [-0.1, -0.05) is 5.16 Å². The molecule has 0 spiro atoms. The van der Waals surface area contributed by atoms with E-state index in [2.05, 4.69) is 27.4 Å². The van der Waals surface area contributed by atoms with Crippen LogP contribution in [0.2, 0.25) is 0 Å². The van der Waals surface area contributed by atoms with Crippen molar-refractivity contribution in [2.45, 2.75) is 32.0 Å². The predicted octanol–water partition coefficient (Wildman–Crippen LogP) is 2.01. The number of amides is 1. The lowest BCUT2D eigenvalue weighted by Crippen LogP contribution is -2.40. The number of aromatic nitrogens is 2. The minimum atomic E-state index is -0.197. The van der Waals surface area contributed by atoms with E-state index >= 15 is 0 Å². The zero-order valence-corrected chi connectivity index (χ0v) is 13.8. The molecular formula is C17H20N4O3. The molecule has 0 aliphatic carbocycles. The maximum absolute atomic E-state index is 11.4. The summed E-state index contributed by atoms with van der Waals surface area (Å²) in [6.45, 7) is 3.67. The maximum Gasteiger partial charge on any atom is 0.257 e. The number of aryl methyl sites for hydroxylation is 1. The van der Waals surface area contributed by atoms with Crippen LogP contribution in [0.15, 0.2) is 22.7 Å². The molecule has 3 heterocycles. The Morgan fingerprint density at radius 2 is 2.17 bits per heavy atom. The largest absolute Gasteiger partial charge is 0.363 e. The van der Waals surface area contributed by atoms with Crippen molar-refractivity contribution >= 4 is 11.6 Å². The van der Waals surface area contributed by atoms with Crippen LogP contribution in [0.5, 0.6) is 0 Å². The van der Waals surface area contributed by atoms with Gasteiger partial charge < -0.3 is 19.5 Å². The number of rotatable bonds is 2. The van der Waals surface area contributed by atoms with Crippen molar-refractivity contribution in [3.8, 4) is 11.4 Å². The van der Waals surface area contributed by atoms with Gasteiger partial charge in [0.1, 0.15) is 6.10 Å². The van der Waals surface area contributed by atoms with Crippen molar-refractivity contribution in [2.24, 2.45) is 0 Å². The van der Waals surface area contributed by atoms with Crippen molar-refractivity contribution in [3.63, 3.8) is 0 Å². The summed E-state index contributed by atoms with van der Waals surface area (Å²) < 4.78 is 11.3. The molecule has 2 aliphatic heterocycles. The number of anilines is 1. The van der Waals surface area contributed by atoms with Gasteiger partial charge in [-0.05, 0) is 44.2 Å². The Morgan fingerprint density at radius 3 is 3.00 bits per heavy atom. The Morgan fingerprint density at radius 1 is 1.29 bits per heavy atom. The van der Waals surface area contributed by atoms with Crippen LogP contribution in [-0.4, -0.2) is 47.2 Å². The highest BCUT2D eigenvalue weighted by atomic mass is 16.5. The summed E-state index contributed by atoms with van der Waals surface area (Å²) in [5.41, 5.74) is 2.85. The molecule has 2 atom stereocenters. The van der Waals surface area contributed by atoms with E-state index in [1.54, 1.807) is 0 Å². The molecule has 126 valence electrons. The molecule has 0 radical (unpaired) electrons. The van der Waals surface area contributed by atoms with Crippen LogP contribution >= 0.6 is 0 Å². The number of benzene rings is 1. The van der Waals surface area contributed by atoms with Crippen LogP contribution < -0.4 is 5.32 Å². The van der Waals surface area contributed by atoms with Gasteiger partial charge in [-0.3, -0.25) is 4.79 Å². The molecular weight excluding hydrogens is 308 g/mol. The van der Waals surface area contributed by atoms with Gasteiger partial charge in [-0.25, -0.2) is 0 Å². The Balaban J connectivity index is 1.58. The van der Waals surface area contributed by atoms with Gasteiger partial charge in [0.05, 0.1) is 6.10 Å². The summed E-state index contributed by atoms with van der Waals surface area (Å²) in [6, 6.07) is 5.81. The topological polar surface area (TPSA) is 80.5 Å². The van der Waals surface area contributed by atoms with Gasteiger partial charge in [-0.15, -0.1) is 0 Å². The number of fused-ring (bicyclic) bond motifs is 1. The highest BCUT2D eigenvalue weighted by Crippen LogP contribution is 2.29. The number of nitrogens with one attached hydrogen (secondary N) is 1. The van der Waals surface area contributed by atoms with Crippen molar-refractivity contribution < 1.29 is 14.1 Å². The third kappa shape index (κ3) is 2.92. The minimum Gasteiger partial charge on any atom is -0.363 e. The molecule has 0 unspecified atom stereocenters. The lowest BCUT2D eigenvalue weighted by Gasteiger charge is -2.32. The molecule has 0 bridgehead atoms. The van der Waals surface area contributed by atoms with Gasteiger partial charge in [0.2, 0.25) is 11.7 Å². The molecule has 1 N–H and O–H groups in total. The molecule has 7 heteroatoms. The van der Waals surface area contributed by atoms with Crippen LogP contribution in [0.1, 0.15) is 30.9 Å². The van der Waals surface area contributed by atoms with Gasteiger partial charge >= 0.3 is 0 Å². The lowest BCUT2D eigenvalue weighted by molar-refractivity contribution is -0.116. The highest BCUT2D eigenvalue weighted by molar-refractivity contribution is 5.94. The maximum atomic E-state index is 11.4. The minimum absolute atomic E-state index is 0.0600. The lowest BCUT2D eigenvalue weighted by atomic mass is 10.0. The van der Waals surface area contributed by atoms with E-state index in [4.69, 9.17) is 9.26 Å². The first-order chi connectivity index (χ1) is 11.6. The average molecular weight is 328 g/mol. The Bertz CT molecular complexity index is 763. The molecule has 7 nitrogen and oxygen atoms in total. The molecule has 1 aromatic carbocycles. The first-order valence-electron chi connectivity index (χ1n) is 8.19.